The Bertz CT molecular complexity index is 255. The Morgan fingerprint density at radius 2 is 2.00 bits per heavy atom. The predicted molar refractivity (Wildman–Crippen MR) is 59.2 cm³/mol. The molecule has 0 aromatic rings. The maximum atomic E-state index is 11.4. The third-order valence-electron chi connectivity index (χ3n) is 3.30. The fourth-order valence-electron chi connectivity index (χ4n) is 1.93. The van der Waals surface area contributed by atoms with Gasteiger partial charge in [0, 0.05) is 18.2 Å². The van der Waals surface area contributed by atoms with E-state index >= 15 is 0 Å². The molecule has 0 amide bonds. The van der Waals surface area contributed by atoms with Crippen LogP contribution in [-0.4, -0.2) is 18.4 Å². The summed E-state index contributed by atoms with van der Waals surface area (Å²) in [6.45, 7) is 8.91. The molecule has 1 aliphatic heterocycles. The van der Waals surface area contributed by atoms with Crippen molar-refractivity contribution in [1.82, 2.24) is 5.32 Å². The van der Waals surface area contributed by atoms with Crippen LogP contribution in [0, 0.1) is 5.92 Å². The highest BCUT2D eigenvalue weighted by atomic mass is 16.1. The zero-order chi connectivity index (χ0) is 10.7. The Kier molecular flexibility index (Phi) is 3.87. The summed E-state index contributed by atoms with van der Waals surface area (Å²) in [6, 6.07) is 0.528. The minimum Gasteiger partial charge on any atom is -0.310 e. The van der Waals surface area contributed by atoms with E-state index in [2.05, 4.69) is 26.1 Å². The molecule has 0 bridgehead atoms. The van der Waals surface area contributed by atoms with Gasteiger partial charge in [-0.3, -0.25) is 4.79 Å². The molecule has 1 aliphatic rings. The molecule has 0 spiro atoms. The Morgan fingerprint density at radius 3 is 2.57 bits per heavy atom. The molecular formula is C12H21NO. The second-order valence-electron chi connectivity index (χ2n) is 4.48. The van der Waals surface area contributed by atoms with Crippen LogP contribution in [0.5, 0.6) is 0 Å². The third kappa shape index (κ3) is 2.68. The molecule has 80 valence electrons. The molecule has 0 unspecified atom stereocenters. The number of allylic oxidation sites excluding steroid dienone is 1. The Hall–Kier alpha value is -0.630. The van der Waals surface area contributed by atoms with E-state index in [0.29, 0.717) is 12.0 Å². The maximum Gasteiger partial charge on any atom is 0.157 e. The van der Waals surface area contributed by atoms with E-state index in [0.717, 1.165) is 12.1 Å². The molecule has 0 aliphatic carbocycles. The molecule has 0 radical (unpaired) electrons. The van der Waals surface area contributed by atoms with E-state index in [1.165, 1.54) is 18.4 Å². The molecule has 1 rings (SSSR count). The van der Waals surface area contributed by atoms with Crippen LogP contribution in [0.1, 0.15) is 40.5 Å². The monoisotopic (exact) mass is 195 g/mol. The van der Waals surface area contributed by atoms with Crippen molar-refractivity contribution >= 4 is 5.78 Å². The van der Waals surface area contributed by atoms with Gasteiger partial charge in [-0.15, -0.1) is 0 Å². The first kappa shape index (κ1) is 11.4. The van der Waals surface area contributed by atoms with E-state index in [1.54, 1.807) is 6.92 Å². The molecule has 2 nitrogen and oxygen atoms in total. The van der Waals surface area contributed by atoms with Crippen molar-refractivity contribution in [3.05, 3.63) is 11.1 Å². The van der Waals surface area contributed by atoms with Crippen LogP contribution in [0.4, 0.5) is 0 Å². The van der Waals surface area contributed by atoms with Gasteiger partial charge in [0.1, 0.15) is 0 Å². The molecule has 0 fully saturated rings. The second-order valence-corrected chi connectivity index (χ2v) is 4.48. The van der Waals surface area contributed by atoms with Crippen LogP contribution >= 0.6 is 0 Å². The summed E-state index contributed by atoms with van der Waals surface area (Å²) in [4.78, 5) is 11.4. The quantitative estimate of drug-likeness (QED) is 0.695. The number of ketones is 1. The van der Waals surface area contributed by atoms with Crippen LogP contribution in [0.3, 0.4) is 0 Å². The SMILES string of the molecule is CC(=O)/C1=C(\C)[C@H](C)CC[C@@H](C)NC1. The average Bonchev–Trinajstić information content (AvgIpc) is 2.12. The van der Waals surface area contributed by atoms with E-state index < -0.39 is 0 Å². The summed E-state index contributed by atoms with van der Waals surface area (Å²) >= 11 is 0. The van der Waals surface area contributed by atoms with Gasteiger partial charge in [-0.05, 0) is 39.5 Å². The van der Waals surface area contributed by atoms with Crippen molar-refractivity contribution < 1.29 is 4.79 Å². The molecule has 14 heavy (non-hydrogen) atoms. The highest BCUT2D eigenvalue weighted by Gasteiger charge is 2.18. The molecular weight excluding hydrogens is 174 g/mol. The van der Waals surface area contributed by atoms with Gasteiger partial charge in [0.15, 0.2) is 5.78 Å². The standard InChI is InChI=1S/C12H21NO/c1-8-5-6-9(2)13-7-12(10(8)3)11(4)14/h8-9,13H,5-7H2,1-4H3/b12-10+/t8-,9-/m1/s1. The van der Waals surface area contributed by atoms with Crippen molar-refractivity contribution in [3.63, 3.8) is 0 Å². The van der Waals surface area contributed by atoms with Gasteiger partial charge in [0.25, 0.3) is 0 Å². The summed E-state index contributed by atoms with van der Waals surface area (Å²) in [6.07, 6.45) is 2.38. The summed E-state index contributed by atoms with van der Waals surface area (Å²) in [5, 5.41) is 3.39. The van der Waals surface area contributed by atoms with Crippen LogP contribution in [-0.2, 0) is 4.79 Å². The predicted octanol–water partition coefficient (Wildman–Crippen LogP) is 2.30. The summed E-state index contributed by atoms with van der Waals surface area (Å²) in [5.74, 6) is 0.773. The highest BCUT2D eigenvalue weighted by Crippen LogP contribution is 2.22. The molecule has 2 heteroatoms. The molecule has 1 N–H and O–H groups in total. The van der Waals surface area contributed by atoms with Gasteiger partial charge in [-0.1, -0.05) is 12.5 Å². The lowest BCUT2D eigenvalue weighted by Gasteiger charge is -2.24. The lowest BCUT2D eigenvalue weighted by atomic mass is 9.88. The topological polar surface area (TPSA) is 29.1 Å². The van der Waals surface area contributed by atoms with Crippen molar-refractivity contribution in [2.75, 3.05) is 6.54 Å². The number of hydrogen-bond donors (Lipinski definition) is 1. The molecule has 0 aromatic heterocycles. The lowest BCUT2D eigenvalue weighted by molar-refractivity contribution is -0.113. The first-order valence-electron chi connectivity index (χ1n) is 5.46. The molecule has 0 saturated heterocycles. The number of carbonyl (C=O) groups is 1. The largest absolute Gasteiger partial charge is 0.310 e. The summed E-state index contributed by atoms with van der Waals surface area (Å²) in [7, 11) is 0. The minimum atomic E-state index is 0.218. The Labute approximate surface area is 86.8 Å². The highest BCUT2D eigenvalue weighted by molar-refractivity contribution is 5.94. The molecule has 2 atom stereocenters. The average molecular weight is 195 g/mol. The van der Waals surface area contributed by atoms with Crippen LogP contribution in [0.25, 0.3) is 0 Å². The number of rotatable bonds is 1. The second kappa shape index (κ2) is 4.74. The summed E-state index contributed by atoms with van der Waals surface area (Å²) in [5.41, 5.74) is 2.26. The van der Waals surface area contributed by atoms with E-state index in [4.69, 9.17) is 0 Å². The number of nitrogens with one attached hydrogen (secondary N) is 1. The third-order valence-corrected chi connectivity index (χ3v) is 3.30. The number of carbonyl (C=O) groups excluding carboxylic acids is 1. The normalized spacial score (nSPS) is 34.9. The minimum absolute atomic E-state index is 0.218. The molecule has 0 saturated carbocycles. The van der Waals surface area contributed by atoms with E-state index in [9.17, 15) is 4.79 Å². The number of Topliss-reactive ketones (excluding diaryl/α,β-unsaturated/α-hetero) is 1. The summed E-state index contributed by atoms with van der Waals surface area (Å²) < 4.78 is 0. The van der Waals surface area contributed by atoms with Crippen molar-refractivity contribution in [2.45, 2.75) is 46.6 Å². The lowest BCUT2D eigenvalue weighted by Crippen LogP contribution is -2.32. The maximum absolute atomic E-state index is 11.4. The number of hydrogen-bond acceptors (Lipinski definition) is 2. The van der Waals surface area contributed by atoms with Gasteiger partial charge in [0.05, 0.1) is 0 Å². The van der Waals surface area contributed by atoms with Gasteiger partial charge in [-0.2, -0.15) is 0 Å². The van der Waals surface area contributed by atoms with Gasteiger partial charge < -0.3 is 5.32 Å². The van der Waals surface area contributed by atoms with Gasteiger partial charge in [-0.25, -0.2) is 0 Å². The Balaban J connectivity index is 2.89. The van der Waals surface area contributed by atoms with Crippen molar-refractivity contribution in [3.8, 4) is 0 Å². The van der Waals surface area contributed by atoms with Crippen LogP contribution in [0.15, 0.2) is 11.1 Å². The van der Waals surface area contributed by atoms with E-state index in [1.807, 2.05) is 0 Å². The zero-order valence-electron chi connectivity index (χ0n) is 9.68. The van der Waals surface area contributed by atoms with E-state index in [-0.39, 0.29) is 5.78 Å². The van der Waals surface area contributed by atoms with Crippen LogP contribution < -0.4 is 5.32 Å². The smallest absolute Gasteiger partial charge is 0.157 e. The zero-order valence-corrected chi connectivity index (χ0v) is 9.68. The Morgan fingerprint density at radius 1 is 1.36 bits per heavy atom. The van der Waals surface area contributed by atoms with Gasteiger partial charge in [0.2, 0.25) is 0 Å². The fraction of sp³-hybridized carbons (Fsp3) is 0.750. The first-order chi connectivity index (χ1) is 6.52. The van der Waals surface area contributed by atoms with Crippen LogP contribution in [0.2, 0.25) is 0 Å². The first-order valence-corrected chi connectivity index (χ1v) is 5.46. The molecule has 1 heterocycles. The van der Waals surface area contributed by atoms with Crippen molar-refractivity contribution in [1.29, 1.82) is 0 Å². The fourth-order valence-corrected chi connectivity index (χ4v) is 1.93. The van der Waals surface area contributed by atoms with Crippen molar-refractivity contribution in [2.24, 2.45) is 5.92 Å². The van der Waals surface area contributed by atoms with Gasteiger partial charge >= 0.3 is 0 Å². The molecule has 0 aromatic carbocycles.